The summed E-state index contributed by atoms with van der Waals surface area (Å²) in [5.74, 6) is 0.754. The molecular weight excluding hydrogens is 296 g/mol. The lowest BCUT2D eigenvalue weighted by molar-refractivity contribution is 0.180. The van der Waals surface area contributed by atoms with Gasteiger partial charge in [-0.05, 0) is 13.0 Å². The third-order valence-corrected chi connectivity index (χ3v) is 4.40. The number of hydrogen-bond donors (Lipinski definition) is 2. The fourth-order valence-electron chi connectivity index (χ4n) is 1.94. The fourth-order valence-corrected chi connectivity index (χ4v) is 3.23. The molecule has 1 aromatic carbocycles. The standard InChI is InChI=1S/C13H22N2O5S/c1-9(8-18-2)15-21(16,17)11-5-10(7-14)13(20-4)12(6-11)19-3/h5-6,9,15H,7-8,14H2,1-4H3. The average molecular weight is 318 g/mol. The zero-order valence-corrected chi connectivity index (χ0v) is 13.5. The molecule has 0 aliphatic heterocycles. The van der Waals surface area contributed by atoms with Crippen molar-refractivity contribution in [3.8, 4) is 11.5 Å². The van der Waals surface area contributed by atoms with E-state index in [9.17, 15) is 8.42 Å². The van der Waals surface area contributed by atoms with Crippen molar-refractivity contribution in [2.24, 2.45) is 5.73 Å². The van der Waals surface area contributed by atoms with E-state index in [2.05, 4.69) is 4.72 Å². The highest BCUT2D eigenvalue weighted by atomic mass is 32.2. The van der Waals surface area contributed by atoms with Crippen LogP contribution in [0.1, 0.15) is 12.5 Å². The molecule has 7 nitrogen and oxygen atoms in total. The van der Waals surface area contributed by atoms with Crippen LogP contribution in [0.5, 0.6) is 11.5 Å². The molecule has 21 heavy (non-hydrogen) atoms. The van der Waals surface area contributed by atoms with E-state index in [0.717, 1.165) is 0 Å². The molecule has 1 unspecified atom stereocenters. The van der Waals surface area contributed by atoms with Crippen LogP contribution in [-0.4, -0.2) is 42.4 Å². The average Bonchev–Trinajstić information content (AvgIpc) is 2.45. The second-order valence-electron chi connectivity index (χ2n) is 4.50. The summed E-state index contributed by atoms with van der Waals surface area (Å²) < 4.78 is 42.5. The molecule has 0 saturated heterocycles. The number of ether oxygens (including phenoxy) is 3. The molecular formula is C13H22N2O5S. The van der Waals surface area contributed by atoms with Gasteiger partial charge < -0.3 is 19.9 Å². The third-order valence-electron chi connectivity index (χ3n) is 2.83. The van der Waals surface area contributed by atoms with Gasteiger partial charge in [0.05, 0.1) is 25.7 Å². The molecule has 120 valence electrons. The van der Waals surface area contributed by atoms with E-state index in [4.69, 9.17) is 19.9 Å². The Morgan fingerprint density at radius 3 is 2.38 bits per heavy atom. The Morgan fingerprint density at radius 1 is 1.24 bits per heavy atom. The van der Waals surface area contributed by atoms with E-state index in [0.29, 0.717) is 17.1 Å². The Bertz CT molecular complexity index is 549. The third kappa shape index (κ3) is 4.31. The van der Waals surface area contributed by atoms with Crippen molar-refractivity contribution in [2.45, 2.75) is 24.4 Å². The van der Waals surface area contributed by atoms with Gasteiger partial charge in [0.25, 0.3) is 0 Å². The molecule has 0 bridgehead atoms. The molecule has 3 N–H and O–H groups in total. The summed E-state index contributed by atoms with van der Waals surface area (Å²) in [6.07, 6.45) is 0. The Labute approximate surface area is 125 Å². The minimum Gasteiger partial charge on any atom is -0.493 e. The van der Waals surface area contributed by atoms with E-state index in [1.807, 2.05) is 0 Å². The van der Waals surface area contributed by atoms with Crippen molar-refractivity contribution in [2.75, 3.05) is 27.9 Å². The van der Waals surface area contributed by atoms with Crippen LogP contribution in [0.15, 0.2) is 17.0 Å². The highest BCUT2D eigenvalue weighted by molar-refractivity contribution is 7.89. The van der Waals surface area contributed by atoms with Crippen LogP contribution >= 0.6 is 0 Å². The first-order chi connectivity index (χ1) is 9.89. The summed E-state index contributed by atoms with van der Waals surface area (Å²) in [7, 11) is 0.731. The number of nitrogens with one attached hydrogen (secondary N) is 1. The largest absolute Gasteiger partial charge is 0.493 e. The minimum atomic E-state index is -3.69. The van der Waals surface area contributed by atoms with Crippen LogP contribution in [0.4, 0.5) is 0 Å². The van der Waals surface area contributed by atoms with Gasteiger partial charge in [-0.2, -0.15) is 0 Å². The molecule has 0 radical (unpaired) electrons. The van der Waals surface area contributed by atoms with Crippen LogP contribution in [0.25, 0.3) is 0 Å². The lowest BCUT2D eigenvalue weighted by Gasteiger charge is -2.17. The van der Waals surface area contributed by atoms with E-state index >= 15 is 0 Å². The van der Waals surface area contributed by atoms with Gasteiger partial charge in [-0.3, -0.25) is 0 Å². The zero-order chi connectivity index (χ0) is 16.0. The first-order valence-corrected chi connectivity index (χ1v) is 7.84. The molecule has 8 heteroatoms. The van der Waals surface area contributed by atoms with Crippen LogP contribution in [0.2, 0.25) is 0 Å². The first-order valence-electron chi connectivity index (χ1n) is 6.35. The number of sulfonamides is 1. The summed E-state index contributed by atoms with van der Waals surface area (Å²) in [5, 5.41) is 0. The molecule has 0 aliphatic rings. The molecule has 1 aromatic rings. The number of rotatable bonds is 8. The van der Waals surface area contributed by atoms with Crippen molar-refractivity contribution in [3.05, 3.63) is 17.7 Å². The van der Waals surface area contributed by atoms with E-state index in [1.165, 1.54) is 33.5 Å². The van der Waals surface area contributed by atoms with Crippen LogP contribution in [0.3, 0.4) is 0 Å². The molecule has 0 heterocycles. The predicted octanol–water partition coefficient (Wildman–Crippen LogP) is 0.476. The molecule has 0 spiro atoms. The van der Waals surface area contributed by atoms with Crippen molar-refractivity contribution in [1.82, 2.24) is 4.72 Å². The Kier molecular flexibility index (Phi) is 6.41. The van der Waals surface area contributed by atoms with Crippen molar-refractivity contribution in [3.63, 3.8) is 0 Å². The molecule has 0 fully saturated rings. The molecule has 1 rings (SSSR count). The minimum absolute atomic E-state index is 0.0727. The zero-order valence-electron chi connectivity index (χ0n) is 12.7. The van der Waals surface area contributed by atoms with Gasteiger partial charge in [0.2, 0.25) is 10.0 Å². The van der Waals surface area contributed by atoms with Crippen molar-refractivity contribution in [1.29, 1.82) is 0 Å². The summed E-state index contributed by atoms with van der Waals surface area (Å²) >= 11 is 0. The van der Waals surface area contributed by atoms with Gasteiger partial charge in [0.1, 0.15) is 0 Å². The van der Waals surface area contributed by atoms with Gasteiger partial charge in [-0.1, -0.05) is 0 Å². The smallest absolute Gasteiger partial charge is 0.241 e. The summed E-state index contributed by atoms with van der Waals surface area (Å²) in [6.45, 7) is 2.12. The normalized spacial score (nSPS) is 13.0. The van der Waals surface area contributed by atoms with Gasteiger partial charge in [0, 0.05) is 31.3 Å². The van der Waals surface area contributed by atoms with Crippen LogP contribution in [-0.2, 0) is 21.3 Å². The Hall–Kier alpha value is -1.35. The van der Waals surface area contributed by atoms with Crippen LogP contribution < -0.4 is 19.9 Å². The number of hydrogen-bond acceptors (Lipinski definition) is 6. The highest BCUT2D eigenvalue weighted by Gasteiger charge is 2.21. The quantitative estimate of drug-likeness (QED) is 0.723. The predicted molar refractivity (Wildman–Crippen MR) is 79.1 cm³/mol. The SMILES string of the molecule is COCC(C)NS(=O)(=O)c1cc(CN)c(OC)c(OC)c1. The lowest BCUT2D eigenvalue weighted by atomic mass is 10.2. The van der Waals surface area contributed by atoms with E-state index in [1.54, 1.807) is 6.92 Å². The molecule has 0 amide bonds. The number of methoxy groups -OCH3 is 3. The maximum Gasteiger partial charge on any atom is 0.241 e. The topological polar surface area (TPSA) is 99.9 Å². The van der Waals surface area contributed by atoms with E-state index in [-0.39, 0.29) is 24.1 Å². The maximum absolute atomic E-state index is 12.3. The second kappa shape index (κ2) is 7.60. The summed E-state index contributed by atoms with van der Waals surface area (Å²) in [4.78, 5) is 0.0727. The summed E-state index contributed by atoms with van der Waals surface area (Å²) in [6, 6.07) is 2.53. The first kappa shape index (κ1) is 17.7. The van der Waals surface area contributed by atoms with Crippen molar-refractivity contribution >= 4 is 10.0 Å². The fraction of sp³-hybridized carbons (Fsp3) is 0.538. The molecule has 0 aliphatic carbocycles. The lowest BCUT2D eigenvalue weighted by Crippen LogP contribution is -2.35. The number of nitrogens with two attached hydrogens (primary N) is 1. The van der Waals surface area contributed by atoms with Gasteiger partial charge >= 0.3 is 0 Å². The van der Waals surface area contributed by atoms with Gasteiger partial charge in [-0.15, -0.1) is 0 Å². The summed E-state index contributed by atoms with van der Waals surface area (Å²) in [5.41, 5.74) is 6.19. The Balaban J connectivity index is 3.23. The van der Waals surface area contributed by atoms with Crippen molar-refractivity contribution < 1.29 is 22.6 Å². The monoisotopic (exact) mass is 318 g/mol. The van der Waals surface area contributed by atoms with Gasteiger partial charge in [-0.25, -0.2) is 13.1 Å². The van der Waals surface area contributed by atoms with Gasteiger partial charge in [0.15, 0.2) is 11.5 Å². The molecule has 0 saturated carbocycles. The highest BCUT2D eigenvalue weighted by Crippen LogP contribution is 2.33. The molecule has 0 aromatic heterocycles. The Morgan fingerprint density at radius 2 is 1.90 bits per heavy atom. The molecule has 1 atom stereocenters. The second-order valence-corrected chi connectivity index (χ2v) is 6.21. The van der Waals surface area contributed by atoms with E-state index < -0.39 is 10.0 Å². The van der Waals surface area contributed by atoms with Crippen LogP contribution in [0, 0.1) is 0 Å². The maximum atomic E-state index is 12.3. The number of benzene rings is 1.